The summed E-state index contributed by atoms with van der Waals surface area (Å²) in [4.78, 5) is 30.9. The Morgan fingerprint density at radius 1 is 1.00 bits per heavy atom. The molecule has 0 N–H and O–H groups in total. The minimum absolute atomic E-state index is 0.00411. The zero-order valence-corrected chi connectivity index (χ0v) is 17.3. The minimum Gasteiger partial charge on any atom is -0.454 e. The van der Waals surface area contributed by atoms with Gasteiger partial charge in [0.05, 0.1) is 32.8 Å². The van der Waals surface area contributed by atoms with Crippen LogP contribution in [0.5, 0.6) is 11.5 Å². The van der Waals surface area contributed by atoms with Crippen molar-refractivity contribution in [1.29, 1.82) is 0 Å². The van der Waals surface area contributed by atoms with E-state index in [1.807, 2.05) is 60.7 Å². The molecule has 3 aromatic rings. The van der Waals surface area contributed by atoms with Gasteiger partial charge in [-0.25, -0.2) is 4.99 Å². The fraction of sp³-hybridized carbons (Fsp3) is 0.0435. The molecule has 1 saturated heterocycles. The number of benzene rings is 3. The first-order chi connectivity index (χ1) is 15.6. The lowest BCUT2D eigenvalue weighted by Crippen LogP contribution is -2.28. The lowest BCUT2D eigenvalue weighted by atomic mass is 10.1. The summed E-state index contributed by atoms with van der Waals surface area (Å²) in [7, 11) is 0. The number of hydrogen-bond donors (Lipinski definition) is 0. The van der Waals surface area contributed by atoms with Gasteiger partial charge in [0.15, 0.2) is 16.7 Å². The van der Waals surface area contributed by atoms with Crippen LogP contribution in [0.2, 0.25) is 0 Å². The molecule has 0 aliphatic carbocycles. The van der Waals surface area contributed by atoms with E-state index in [2.05, 4.69) is 4.99 Å². The summed E-state index contributed by atoms with van der Waals surface area (Å²) >= 11 is 1.16. The van der Waals surface area contributed by atoms with Crippen molar-refractivity contribution in [2.75, 3.05) is 11.7 Å². The Balaban J connectivity index is 1.60. The summed E-state index contributed by atoms with van der Waals surface area (Å²) < 4.78 is 10.6. The van der Waals surface area contributed by atoms with Crippen molar-refractivity contribution in [1.82, 2.24) is 0 Å². The number of nitro benzene ring substituents is 1. The van der Waals surface area contributed by atoms with Gasteiger partial charge in [0, 0.05) is 0 Å². The van der Waals surface area contributed by atoms with E-state index >= 15 is 0 Å². The Kier molecular flexibility index (Phi) is 5.08. The van der Waals surface area contributed by atoms with Crippen LogP contribution in [0.3, 0.4) is 0 Å². The number of hydrogen-bond acceptors (Lipinski definition) is 7. The number of ether oxygens (including phenoxy) is 2. The average Bonchev–Trinajstić information content (AvgIpc) is 3.38. The van der Waals surface area contributed by atoms with Crippen LogP contribution in [0, 0.1) is 10.1 Å². The van der Waals surface area contributed by atoms with Crippen LogP contribution < -0.4 is 14.4 Å². The van der Waals surface area contributed by atoms with E-state index < -0.39 is 4.92 Å². The molecule has 0 bridgehead atoms. The Hall–Kier alpha value is -4.11. The van der Waals surface area contributed by atoms with E-state index in [9.17, 15) is 14.9 Å². The molecule has 0 radical (unpaired) electrons. The number of carbonyl (C=O) groups excluding carboxylic acids is 1. The van der Waals surface area contributed by atoms with Crippen LogP contribution in [0.4, 0.5) is 17.1 Å². The molecule has 158 valence electrons. The molecule has 3 aromatic carbocycles. The summed E-state index contributed by atoms with van der Waals surface area (Å²) in [5.74, 6) is 0.389. The Labute approximate surface area is 186 Å². The van der Waals surface area contributed by atoms with Crippen LogP contribution in [-0.2, 0) is 4.79 Å². The van der Waals surface area contributed by atoms with Gasteiger partial charge >= 0.3 is 0 Å². The van der Waals surface area contributed by atoms with E-state index in [-0.39, 0.29) is 24.0 Å². The van der Waals surface area contributed by atoms with Crippen LogP contribution in [0.25, 0.3) is 6.08 Å². The molecular weight excluding hydrogens is 430 g/mol. The highest BCUT2D eigenvalue weighted by Crippen LogP contribution is 2.42. The van der Waals surface area contributed by atoms with Crippen molar-refractivity contribution >= 4 is 46.0 Å². The molecule has 2 aliphatic rings. The molecule has 0 spiro atoms. The van der Waals surface area contributed by atoms with Gasteiger partial charge in [-0.2, -0.15) is 0 Å². The van der Waals surface area contributed by atoms with E-state index in [1.54, 1.807) is 0 Å². The van der Waals surface area contributed by atoms with E-state index in [4.69, 9.17) is 9.47 Å². The molecule has 2 heterocycles. The second-order valence-electron chi connectivity index (χ2n) is 6.84. The molecule has 32 heavy (non-hydrogen) atoms. The zero-order valence-electron chi connectivity index (χ0n) is 16.5. The smallest absolute Gasteiger partial charge is 0.280 e. The first-order valence-corrected chi connectivity index (χ1v) is 10.4. The number of aliphatic imine (C=N–C) groups is 1. The van der Waals surface area contributed by atoms with Crippen LogP contribution in [0.15, 0.2) is 82.7 Å². The molecule has 8 nitrogen and oxygen atoms in total. The predicted molar refractivity (Wildman–Crippen MR) is 122 cm³/mol. The Morgan fingerprint density at radius 3 is 2.34 bits per heavy atom. The van der Waals surface area contributed by atoms with Crippen molar-refractivity contribution in [2.24, 2.45) is 4.99 Å². The first-order valence-electron chi connectivity index (χ1n) is 9.61. The number of para-hydroxylation sites is 2. The minimum atomic E-state index is -0.508. The molecule has 0 saturated carbocycles. The molecule has 0 unspecified atom stereocenters. The maximum atomic E-state index is 13.4. The quantitative estimate of drug-likeness (QED) is 0.314. The third kappa shape index (κ3) is 3.69. The summed E-state index contributed by atoms with van der Waals surface area (Å²) in [6.45, 7) is -0.00411. The largest absolute Gasteiger partial charge is 0.454 e. The number of amidine groups is 1. The van der Waals surface area contributed by atoms with Gasteiger partial charge < -0.3 is 9.47 Å². The fourth-order valence-electron chi connectivity index (χ4n) is 3.33. The highest BCUT2D eigenvalue weighted by Gasteiger charge is 2.35. The molecule has 1 fully saturated rings. The molecule has 5 rings (SSSR count). The maximum Gasteiger partial charge on any atom is 0.280 e. The number of fused-ring (bicyclic) bond motifs is 1. The normalized spacial score (nSPS) is 17.4. The molecule has 0 aromatic heterocycles. The van der Waals surface area contributed by atoms with Crippen LogP contribution >= 0.6 is 11.8 Å². The second-order valence-corrected chi connectivity index (χ2v) is 7.85. The van der Waals surface area contributed by atoms with Gasteiger partial charge in [0.1, 0.15) is 0 Å². The number of nitrogens with zero attached hydrogens (tertiary/aromatic N) is 3. The zero-order chi connectivity index (χ0) is 22.1. The van der Waals surface area contributed by atoms with Crippen molar-refractivity contribution in [3.05, 3.63) is 93.4 Å². The number of nitro groups is 1. The van der Waals surface area contributed by atoms with E-state index in [0.717, 1.165) is 11.8 Å². The third-order valence-electron chi connectivity index (χ3n) is 4.81. The first kappa shape index (κ1) is 19.8. The van der Waals surface area contributed by atoms with E-state index in [0.29, 0.717) is 32.9 Å². The van der Waals surface area contributed by atoms with Crippen molar-refractivity contribution in [3.63, 3.8) is 0 Å². The highest BCUT2D eigenvalue weighted by molar-refractivity contribution is 8.19. The van der Waals surface area contributed by atoms with Gasteiger partial charge in [-0.3, -0.25) is 19.8 Å². The number of thioether (sulfide) groups is 1. The van der Waals surface area contributed by atoms with Crippen LogP contribution in [-0.4, -0.2) is 22.8 Å². The van der Waals surface area contributed by atoms with Gasteiger partial charge in [-0.1, -0.05) is 36.4 Å². The summed E-state index contributed by atoms with van der Waals surface area (Å²) in [5, 5.41) is 12.1. The van der Waals surface area contributed by atoms with Gasteiger partial charge in [-0.15, -0.1) is 0 Å². The lowest BCUT2D eigenvalue weighted by molar-refractivity contribution is -0.385. The molecule has 9 heteroatoms. The number of amides is 1. The molecular formula is C23H15N3O5S. The number of carbonyl (C=O) groups is 1. The van der Waals surface area contributed by atoms with Crippen molar-refractivity contribution in [2.45, 2.75) is 0 Å². The molecule has 1 amide bonds. The molecule has 2 aliphatic heterocycles. The monoisotopic (exact) mass is 445 g/mol. The van der Waals surface area contributed by atoms with Gasteiger partial charge in [-0.05, 0) is 48.2 Å². The summed E-state index contributed by atoms with van der Waals surface area (Å²) in [6, 6.07) is 21.3. The number of anilines is 1. The SMILES string of the molecule is O=C1/C(=C/c2cc3c(cc2[N+](=O)[O-])OCO3)SC(=Nc2ccccc2)N1c1ccccc1. The lowest BCUT2D eigenvalue weighted by Gasteiger charge is -2.15. The van der Waals surface area contributed by atoms with Crippen LogP contribution in [0.1, 0.15) is 5.56 Å². The predicted octanol–water partition coefficient (Wildman–Crippen LogP) is 5.13. The van der Waals surface area contributed by atoms with E-state index in [1.165, 1.54) is 23.1 Å². The topological polar surface area (TPSA) is 94.3 Å². The summed E-state index contributed by atoms with van der Waals surface area (Å²) in [5.41, 5.74) is 1.43. The fourth-order valence-corrected chi connectivity index (χ4v) is 4.32. The Morgan fingerprint density at radius 2 is 1.66 bits per heavy atom. The summed E-state index contributed by atoms with van der Waals surface area (Å²) in [6.07, 6.45) is 1.50. The van der Waals surface area contributed by atoms with Crippen molar-refractivity contribution < 1.29 is 19.2 Å². The average molecular weight is 445 g/mol. The highest BCUT2D eigenvalue weighted by atomic mass is 32.2. The second kappa shape index (κ2) is 8.20. The van der Waals surface area contributed by atoms with Gasteiger partial charge in [0.2, 0.25) is 6.79 Å². The van der Waals surface area contributed by atoms with Crippen molar-refractivity contribution in [3.8, 4) is 11.5 Å². The standard InChI is InChI=1S/C23H15N3O5S/c27-22-21(12-15-11-19-20(31-14-30-19)13-18(15)26(28)29)32-23(24-16-7-3-1-4-8-16)25(22)17-9-5-2-6-10-17/h1-13H,14H2/b21-12-,24-23?. The molecule has 0 atom stereocenters. The maximum absolute atomic E-state index is 13.4. The number of rotatable bonds is 4. The third-order valence-corrected chi connectivity index (χ3v) is 5.78. The van der Waals surface area contributed by atoms with Gasteiger partial charge in [0.25, 0.3) is 11.6 Å². The Bertz CT molecular complexity index is 1280.